The van der Waals surface area contributed by atoms with Gasteiger partial charge in [-0.25, -0.2) is 24.9 Å². The largest absolute Gasteiger partial charge is 0.470 e. The van der Waals surface area contributed by atoms with Crippen molar-refractivity contribution in [2.75, 3.05) is 54.0 Å². The van der Waals surface area contributed by atoms with Gasteiger partial charge in [0.2, 0.25) is 17.7 Å². The van der Waals surface area contributed by atoms with Crippen molar-refractivity contribution < 1.29 is 19.7 Å². The van der Waals surface area contributed by atoms with Gasteiger partial charge in [-0.3, -0.25) is 0 Å². The molecule has 14 heteroatoms. The number of aliphatic hydroxyl groups excluding tert-OH is 2. The summed E-state index contributed by atoms with van der Waals surface area (Å²) in [6.45, 7) is 3.85. The lowest BCUT2D eigenvalue weighted by Gasteiger charge is -2.40. The van der Waals surface area contributed by atoms with Crippen molar-refractivity contribution in [1.82, 2.24) is 29.9 Å². The summed E-state index contributed by atoms with van der Waals surface area (Å²) < 4.78 is 13.1. The van der Waals surface area contributed by atoms with Gasteiger partial charge in [-0.1, -0.05) is 42.3 Å². The molecule has 0 saturated carbocycles. The Hall–Kier alpha value is -5.62. The zero-order chi connectivity index (χ0) is 37.3. The van der Waals surface area contributed by atoms with Gasteiger partial charge in [0, 0.05) is 42.2 Å². The van der Waals surface area contributed by atoms with E-state index in [1.165, 1.54) is 6.20 Å². The van der Waals surface area contributed by atoms with Crippen LogP contribution in [-0.4, -0.2) is 104 Å². The minimum Gasteiger partial charge on any atom is -0.470 e. The van der Waals surface area contributed by atoms with Crippen LogP contribution in [0.3, 0.4) is 0 Å². The van der Waals surface area contributed by atoms with Gasteiger partial charge < -0.3 is 34.4 Å². The van der Waals surface area contributed by atoms with Crippen molar-refractivity contribution in [3.63, 3.8) is 0 Å². The lowest BCUT2D eigenvalue weighted by Crippen LogP contribution is -2.54. The van der Waals surface area contributed by atoms with Gasteiger partial charge in [0.1, 0.15) is 29.9 Å². The molecule has 3 aliphatic heterocycles. The molecule has 0 amide bonds. The molecule has 2 aromatic carbocycles. The first-order chi connectivity index (χ1) is 26.9. The van der Waals surface area contributed by atoms with Crippen LogP contribution in [0.4, 0.5) is 17.6 Å². The highest BCUT2D eigenvalue weighted by molar-refractivity contribution is 9.10. The quantitative estimate of drug-likeness (QED) is 0.196. The summed E-state index contributed by atoms with van der Waals surface area (Å²) in [5.74, 6) is 8.53. The Kier molecular flexibility index (Phi) is 9.74. The van der Waals surface area contributed by atoms with Crippen molar-refractivity contribution >= 4 is 55.3 Å². The summed E-state index contributed by atoms with van der Waals surface area (Å²) in [5.41, 5.74) is 2.22. The van der Waals surface area contributed by atoms with Crippen LogP contribution >= 0.6 is 15.9 Å². The van der Waals surface area contributed by atoms with E-state index in [-0.39, 0.29) is 18.1 Å². The molecule has 3 saturated heterocycles. The van der Waals surface area contributed by atoms with E-state index < -0.39 is 12.2 Å². The van der Waals surface area contributed by atoms with Gasteiger partial charge >= 0.3 is 0 Å². The predicted octanol–water partition coefficient (Wildman–Crippen LogP) is 4.65. The van der Waals surface area contributed by atoms with Crippen LogP contribution in [0.2, 0.25) is 0 Å². The van der Waals surface area contributed by atoms with Gasteiger partial charge in [0.05, 0.1) is 54.0 Å². The van der Waals surface area contributed by atoms with E-state index in [0.717, 1.165) is 46.3 Å². The fourth-order valence-electron chi connectivity index (χ4n) is 7.21. The highest BCUT2D eigenvalue weighted by Gasteiger charge is 2.34. The van der Waals surface area contributed by atoms with Crippen molar-refractivity contribution in [2.45, 2.75) is 37.3 Å². The first-order valence-electron chi connectivity index (χ1n) is 18.4. The minimum atomic E-state index is -1.30. The molecule has 0 bridgehead atoms. The van der Waals surface area contributed by atoms with E-state index in [2.05, 4.69) is 70.7 Å². The summed E-state index contributed by atoms with van der Waals surface area (Å²) >= 11 is 3.55. The lowest BCUT2D eigenvalue weighted by molar-refractivity contribution is 0.00798. The number of aliphatic hydroxyl groups is 2. The maximum Gasteiger partial charge on any atom is 0.249 e. The molecule has 0 radical (unpaired) electrons. The van der Waals surface area contributed by atoms with Gasteiger partial charge in [0.25, 0.3) is 0 Å². The molecule has 13 nitrogen and oxygen atoms in total. The third kappa shape index (κ3) is 7.55. The number of para-hydroxylation sites is 2. The Morgan fingerprint density at radius 1 is 0.691 bits per heavy atom. The SMILES string of the molecule is OC(C#Cc1nccnc1OC1CN(c2ccc3ccccc3n2)C1)C(O)C1CCCN(c2ncc(Br)c(OC3CN(c4ccc5ccccc5n4)C3)n2)C1. The average molecular weight is 801 g/mol. The number of benzene rings is 2. The van der Waals surface area contributed by atoms with Crippen LogP contribution in [0.1, 0.15) is 18.5 Å². The van der Waals surface area contributed by atoms with Crippen LogP contribution < -0.4 is 24.2 Å². The first kappa shape index (κ1) is 35.1. The number of hydrogen-bond donors (Lipinski definition) is 2. The molecule has 278 valence electrons. The Labute approximate surface area is 326 Å². The summed E-state index contributed by atoms with van der Waals surface area (Å²) in [6, 6.07) is 24.3. The van der Waals surface area contributed by atoms with E-state index >= 15 is 0 Å². The number of hydrogen-bond acceptors (Lipinski definition) is 13. The van der Waals surface area contributed by atoms with Crippen molar-refractivity contribution in [2.24, 2.45) is 5.92 Å². The van der Waals surface area contributed by atoms with Gasteiger partial charge in [-0.15, -0.1) is 0 Å². The monoisotopic (exact) mass is 799 g/mol. The van der Waals surface area contributed by atoms with Crippen molar-refractivity contribution in [1.29, 1.82) is 0 Å². The molecule has 0 aliphatic carbocycles. The smallest absolute Gasteiger partial charge is 0.249 e. The summed E-state index contributed by atoms with van der Waals surface area (Å²) in [6.07, 6.45) is 3.73. The van der Waals surface area contributed by atoms with Gasteiger partial charge in [0.15, 0.2) is 5.69 Å². The van der Waals surface area contributed by atoms with Gasteiger partial charge in [-0.05, 0) is 71.1 Å². The number of anilines is 3. The standard InChI is InChI=1S/C41H38BrN9O4/c42-31-20-45-41(48-39(31)54-29-22-50(23-29)36-15-11-26-6-1-3-9-32(26)46-36)49-19-5-8-28(21-49)38(53)35(52)14-13-34-40(44-18-17-43-34)55-30-24-51(25-30)37-16-12-27-7-2-4-10-33(27)47-37/h1-4,6-7,9-12,15-18,20,28-30,35,38,52-53H,5,8,19,21-25H2. The maximum absolute atomic E-state index is 11.2. The summed E-state index contributed by atoms with van der Waals surface area (Å²) in [5, 5.41) is 24.5. The third-order valence-corrected chi connectivity index (χ3v) is 10.9. The molecule has 6 aromatic rings. The van der Waals surface area contributed by atoms with Crippen LogP contribution in [0.5, 0.6) is 11.8 Å². The van der Waals surface area contributed by atoms with Crippen LogP contribution in [0.15, 0.2) is 95.9 Å². The van der Waals surface area contributed by atoms with E-state index in [0.29, 0.717) is 67.1 Å². The van der Waals surface area contributed by atoms with E-state index in [1.807, 2.05) is 59.5 Å². The average Bonchev–Trinajstić information content (AvgIpc) is 3.19. The molecule has 3 atom stereocenters. The fourth-order valence-corrected chi connectivity index (χ4v) is 7.49. The number of rotatable bonds is 9. The molecular weight excluding hydrogens is 762 g/mol. The van der Waals surface area contributed by atoms with Gasteiger partial charge in [-0.2, -0.15) is 4.98 Å². The van der Waals surface area contributed by atoms with E-state index in [1.54, 1.807) is 12.4 Å². The molecule has 0 spiro atoms. The number of pyridine rings is 2. The van der Waals surface area contributed by atoms with Crippen LogP contribution in [0, 0.1) is 17.8 Å². The molecule has 7 heterocycles. The molecule has 55 heavy (non-hydrogen) atoms. The third-order valence-electron chi connectivity index (χ3n) is 10.3. The van der Waals surface area contributed by atoms with E-state index in [9.17, 15) is 10.2 Å². The highest BCUT2D eigenvalue weighted by Crippen LogP contribution is 2.31. The summed E-state index contributed by atoms with van der Waals surface area (Å²) in [7, 11) is 0. The second-order valence-electron chi connectivity index (χ2n) is 14.1. The number of fused-ring (bicyclic) bond motifs is 2. The molecule has 3 fully saturated rings. The Morgan fingerprint density at radius 2 is 1.31 bits per heavy atom. The van der Waals surface area contributed by atoms with Crippen molar-refractivity contribution in [3.05, 3.63) is 102 Å². The topological polar surface area (TPSA) is 146 Å². The number of aromatic nitrogens is 6. The number of ether oxygens (including phenoxy) is 2. The minimum absolute atomic E-state index is 0.0479. The number of nitrogens with zero attached hydrogens (tertiary/aromatic N) is 9. The Morgan fingerprint density at radius 3 is 1.98 bits per heavy atom. The zero-order valence-corrected chi connectivity index (χ0v) is 31.4. The first-order valence-corrected chi connectivity index (χ1v) is 19.2. The normalized spacial score (nSPS) is 18.6. The molecular formula is C41H38BrN9O4. The maximum atomic E-state index is 11.2. The highest BCUT2D eigenvalue weighted by atomic mass is 79.9. The Bertz CT molecular complexity index is 2400. The second kappa shape index (κ2) is 15.3. The molecule has 2 N–H and O–H groups in total. The predicted molar refractivity (Wildman–Crippen MR) is 212 cm³/mol. The molecule has 3 unspecified atom stereocenters. The molecule has 9 rings (SSSR count). The van der Waals surface area contributed by atoms with Crippen molar-refractivity contribution in [3.8, 4) is 23.6 Å². The van der Waals surface area contributed by atoms with E-state index in [4.69, 9.17) is 24.4 Å². The Balaban J connectivity index is 0.792. The number of halogens is 1. The molecule has 4 aromatic heterocycles. The number of piperidine rings is 1. The van der Waals surface area contributed by atoms with Crippen LogP contribution in [0.25, 0.3) is 21.8 Å². The zero-order valence-electron chi connectivity index (χ0n) is 29.8. The van der Waals surface area contributed by atoms with Crippen LogP contribution in [-0.2, 0) is 0 Å². The molecule has 3 aliphatic rings. The second-order valence-corrected chi connectivity index (χ2v) is 15.0. The fraction of sp³-hybridized carbons (Fsp3) is 0.317. The lowest BCUT2D eigenvalue weighted by atomic mass is 9.90. The summed E-state index contributed by atoms with van der Waals surface area (Å²) in [4.78, 5) is 33.9.